The van der Waals surface area contributed by atoms with Crippen molar-refractivity contribution in [3.05, 3.63) is 54.1 Å². The normalized spacial score (nSPS) is 16.2. The first-order valence-corrected chi connectivity index (χ1v) is 8.52. The molecule has 1 heterocycles. The van der Waals surface area contributed by atoms with Gasteiger partial charge in [0.15, 0.2) is 0 Å². The van der Waals surface area contributed by atoms with Crippen LogP contribution in [0.1, 0.15) is 5.56 Å². The molecule has 0 radical (unpaired) electrons. The van der Waals surface area contributed by atoms with Crippen molar-refractivity contribution in [3.8, 4) is 11.1 Å². The van der Waals surface area contributed by atoms with Crippen molar-refractivity contribution in [2.75, 3.05) is 38.5 Å². The lowest BCUT2D eigenvalue weighted by Gasteiger charge is -2.32. The SMILES string of the molecule is CN1CCN(Cc2ccc(-c3cccc(NC=S)c3)cc2)CC1. The number of nitrogens with zero attached hydrogens (tertiary/aromatic N) is 2. The summed E-state index contributed by atoms with van der Waals surface area (Å²) in [6, 6.07) is 17.2. The smallest absolute Gasteiger partial charge is 0.0658 e. The van der Waals surface area contributed by atoms with Crippen LogP contribution in [0.3, 0.4) is 0 Å². The molecule has 120 valence electrons. The van der Waals surface area contributed by atoms with E-state index in [4.69, 9.17) is 12.2 Å². The van der Waals surface area contributed by atoms with E-state index in [9.17, 15) is 0 Å². The van der Waals surface area contributed by atoms with E-state index >= 15 is 0 Å². The molecule has 4 heteroatoms. The minimum Gasteiger partial charge on any atom is -0.353 e. The molecule has 0 amide bonds. The highest BCUT2D eigenvalue weighted by Gasteiger charge is 2.13. The number of anilines is 1. The van der Waals surface area contributed by atoms with Gasteiger partial charge in [-0.25, -0.2) is 0 Å². The molecule has 0 aromatic heterocycles. The maximum absolute atomic E-state index is 4.85. The van der Waals surface area contributed by atoms with E-state index in [0.717, 1.165) is 38.4 Å². The third-order valence-electron chi connectivity index (χ3n) is 4.38. The van der Waals surface area contributed by atoms with Crippen LogP contribution < -0.4 is 5.32 Å². The molecule has 0 spiro atoms. The maximum atomic E-state index is 4.85. The molecule has 2 aromatic rings. The summed E-state index contributed by atoms with van der Waals surface area (Å²) in [5, 5.41) is 3.07. The molecule has 1 aliphatic rings. The molecule has 1 N–H and O–H groups in total. The molecule has 0 bridgehead atoms. The van der Waals surface area contributed by atoms with Gasteiger partial charge in [-0.1, -0.05) is 48.6 Å². The van der Waals surface area contributed by atoms with E-state index in [1.807, 2.05) is 6.07 Å². The lowest BCUT2D eigenvalue weighted by Crippen LogP contribution is -2.43. The minimum absolute atomic E-state index is 1.03. The quantitative estimate of drug-likeness (QED) is 0.848. The van der Waals surface area contributed by atoms with Gasteiger partial charge in [0.1, 0.15) is 0 Å². The van der Waals surface area contributed by atoms with Crippen molar-refractivity contribution in [2.24, 2.45) is 0 Å². The van der Waals surface area contributed by atoms with Gasteiger partial charge < -0.3 is 10.2 Å². The number of benzene rings is 2. The number of piperazine rings is 1. The Kier molecular flexibility index (Phi) is 5.39. The second-order valence-corrected chi connectivity index (χ2v) is 6.36. The first kappa shape index (κ1) is 16.1. The molecule has 2 aromatic carbocycles. The standard InChI is InChI=1S/C19H23N3S/c1-21-9-11-22(12-10-21)14-16-5-7-17(8-6-16)18-3-2-4-19(13-18)20-15-23/h2-8,13,15H,9-12,14H2,1H3,(H,20,23). The van der Waals surface area contributed by atoms with Gasteiger partial charge in [0.25, 0.3) is 0 Å². The van der Waals surface area contributed by atoms with Crippen molar-refractivity contribution >= 4 is 23.4 Å². The van der Waals surface area contributed by atoms with Gasteiger partial charge in [-0.3, -0.25) is 4.90 Å². The lowest BCUT2D eigenvalue weighted by atomic mass is 10.0. The summed E-state index contributed by atoms with van der Waals surface area (Å²) in [5.41, 5.74) is 6.39. The molecule has 3 nitrogen and oxygen atoms in total. The maximum Gasteiger partial charge on any atom is 0.0658 e. The number of rotatable bonds is 5. The predicted molar refractivity (Wildman–Crippen MR) is 102 cm³/mol. The predicted octanol–water partition coefficient (Wildman–Crippen LogP) is 3.47. The van der Waals surface area contributed by atoms with Crippen LogP contribution in [0.5, 0.6) is 0 Å². The minimum atomic E-state index is 1.03. The number of nitrogens with one attached hydrogen (secondary N) is 1. The molecule has 1 saturated heterocycles. The van der Waals surface area contributed by atoms with Gasteiger partial charge in [0.05, 0.1) is 5.49 Å². The highest BCUT2D eigenvalue weighted by molar-refractivity contribution is 7.79. The molecule has 1 fully saturated rings. The molecule has 0 aliphatic carbocycles. The summed E-state index contributed by atoms with van der Waals surface area (Å²) >= 11 is 4.85. The number of likely N-dealkylation sites (N-methyl/N-ethyl adjacent to an activating group) is 1. The zero-order valence-corrected chi connectivity index (χ0v) is 14.4. The Morgan fingerprint density at radius 1 is 1.00 bits per heavy atom. The van der Waals surface area contributed by atoms with Crippen LogP contribution >= 0.6 is 12.2 Å². The van der Waals surface area contributed by atoms with Crippen molar-refractivity contribution < 1.29 is 0 Å². The second kappa shape index (κ2) is 7.68. The fourth-order valence-corrected chi connectivity index (χ4v) is 3.06. The van der Waals surface area contributed by atoms with Crippen LogP contribution in [-0.4, -0.2) is 48.5 Å². The van der Waals surface area contributed by atoms with Gasteiger partial charge in [0.2, 0.25) is 0 Å². The van der Waals surface area contributed by atoms with Crippen molar-refractivity contribution in [2.45, 2.75) is 6.54 Å². The molecule has 0 unspecified atom stereocenters. The van der Waals surface area contributed by atoms with Crippen molar-refractivity contribution in [1.29, 1.82) is 0 Å². The van der Waals surface area contributed by atoms with Crippen LogP contribution in [0.2, 0.25) is 0 Å². The molecular weight excluding hydrogens is 302 g/mol. The first-order valence-electron chi connectivity index (χ1n) is 8.05. The Bertz CT molecular complexity index is 646. The largest absolute Gasteiger partial charge is 0.353 e. The van der Waals surface area contributed by atoms with Gasteiger partial charge in [-0.2, -0.15) is 0 Å². The second-order valence-electron chi connectivity index (χ2n) is 6.12. The summed E-state index contributed by atoms with van der Waals surface area (Å²) in [7, 11) is 2.19. The number of thiocarbonyl (C=S) groups is 1. The highest BCUT2D eigenvalue weighted by atomic mass is 32.1. The van der Waals surface area contributed by atoms with Gasteiger partial charge in [0, 0.05) is 38.4 Å². The fourth-order valence-electron chi connectivity index (χ4n) is 2.92. The fraction of sp³-hybridized carbons (Fsp3) is 0.316. The summed E-state index contributed by atoms with van der Waals surface area (Å²) in [6.07, 6.45) is 0. The molecule has 3 rings (SSSR count). The Labute approximate surface area is 143 Å². The third-order valence-corrected chi connectivity index (χ3v) is 4.50. The summed E-state index contributed by atoms with van der Waals surface area (Å²) in [5.74, 6) is 0. The average Bonchev–Trinajstić information content (AvgIpc) is 2.58. The topological polar surface area (TPSA) is 18.5 Å². The van der Waals surface area contributed by atoms with Gasteiger partial charge in [-0.05, 0) is 35.9 Å². The van der Waals surface area contributed by atoms with E-state index in [0.29, 0.717) is 0 Å². The highest BCUT2D eigenvalue weighted by Crippen LogP contribution is 2.23. The van der Waals surface area contributed by atoms with Crippen LogP contribution in [0, 0.1) is 0 Å². The summed E-state index contributed by atoms with van der Waals surface area (Å²) in [4.78, 5) is 4.92. The Balaban J connectivity index is 1.67. The molecule has 0 atom stereocenters. The zero-order valence-electron chi connectivity index (χ0n) is 13.5. The van der Waals surface area contributed by atoms with E-state index in [1.165, 1.54) is 22.2 Å². The third kappa shape index (κ3) is 4.38. The van der Waals surface area contributed by atoms with Crippen LogP contribution in [0.25, 0.3) is 11.1 Å². The van der Waals surface area contributed by atoms with Crippen molar-refractivity contribution in [1.82, 2.24) is 9.80 Å². The molecule has 0 saturated carbocycles. The van der Waals surface area contributed by atoms with E-state index in [1.54, 1.807) is 0 Å². The first-order chi connectivity index (χ1) is 11.2. The molecule has 1 aliphatic heterocycles. The van der Waals surface area contributed by atoms with Crippen LogP contribution in [0.15, 0.2) is 48.5 Å². The van der Waals surface area contributed by atoms with Gasteiger partial charge in [-0.15, -0.1) is 0 Å². The summed E-state index contributed by atoms with van der Waals surface area (Å²) in [6.45, 7) is 5.68. The summed E-state index contributed by atoms with van der Waals surface area (Å²) < 4.78 is 0. The van der Waals surface area contributed by atoms with Crippen molar-refractivity contribution in [3.63, 3.8) is 0 Å². The zero-order chi connectivity index (χ0) is 16.1. The van der Waals surface area contributed by atoms with Crippen LogP contribution in [0.4, 0.5) is 5.69 Å². The van der Waals surface area contributed by atoms with Crippen LogP contribution in [-0.2, 0) is 6.54 Å². The van der Waals surface area contributed by atoms with E-state index in [2.05, 4.69) is 64.6 Å². The van der Waals surface area contributed by atoms with Gasteiger partial charge >= 0.3 is 0 Å². The van der Waals surface area contributed by atoms with E-state index in [-0.39, 0.29) is 0 Å². The van der Waals surface area contributed by atoms with E-state index < -0.39 is 0 Å². The lowest BCUT2D eigenvalue weighted by molar-refractivity contribution is 0.148. The number of hydrogen-bond acceptors (Lipinski definition) is 3. The molecule has 23 heavy (non-hydrogen) atoms. The Morgan fingerprint density at radius 3 is 2.43 bits per heavy atom. The molecular formula is C19H23N3S. The monoisotopic (exact) mass is 325 g/mol. The average molecular weight is 325 g/mol. The Hall–Kier alpha value is -1.75. The Morgan fingerprint density at radius 2 is 1.74 bits per heavy atom. The number of hydrogen-bond donors (Lipinski definition) is 1.